The molecule has 0 aliphatic carbocycles. The second-order valence-corrected chi connectivity index (χ2v) is 7.52. The molecule has 1 aromatic rings. The molecule has 5 nitrogen and oxygen atoms in total. The predicted molar refractivity (Wildman–Crippen MR) is 102 cm³/mol. The standard InChI is InChI=1S/C19H30N2O3.ClH/c1-13-5-6-15(16(11-13)24-19(2,3)4)12-21-18(22)17(20)14-7-9-23-10-8-14;/h5-6,11,14,17H,7-10,12,20H2,1-4H3,(H,21,22);1H. The molecule has 1 amide bonds. The van der Waals surface area contributed by atoms with Crippen LogP contribution in [0.1, 0.15) is 44.7 Å². The monoisotopic (exact) mass is 370 g/mol. The van der Waals surface area contributed by atoms with Gasteiger partial charge in [-0.15, -0.1) is 12.4 Å². The molecule has 1 aromatic carbocycles. The third-order valence-electron chi connectivity index (χ3n) is 4.17. The molecule has 1 unspecified atom stereocenters. The Kier molecular flexibility index (Phi) is 8.19. The molecule has 1 aliphatic rings. The van der Waals surface area contributed by atoms with Crippen LogP contribution in [0, 0.1) is 12.8 Å². The van der Waals surface area contributed by atoms with E-state index in [4.69, 9.17) is 15.2 Å². The Morgan fingerprint density at radius 2 is 2.00 bits per heavy atom. The molecule has 142 valence electrons. The van der Waals surface area contributed by atoms with E-state index >= 15 is 0 Å². The molecule has 3 N–H and O–H groups in total. The van der Waals surface area contributed by atoms with Gasteiger partial charge in [-0.25, -0.2) is 0 Å². The van der Waals surface area contributed by atoms with E-state index in [9.17, 15) is 4.79 Å². The Hall–Kier alpha value is -1.30. The second kappa shape index (κ2) is 9.41. The van der Waals surface area contributed by atoms with Gasteiger partial charge in [-0.1, -0.05) is 12.1 Å². The van der Waals surface area contributed by atoms with Crippen molar-refractivity contribution in [3.8, 4) is 5.75 Å². The fourth-order valence-electron chi connectivity index (χ4n) is 2.82. The van der Waals surface area contributed by atoms with Gasteiger partial charge in [0.05, 0.1) is 6.04 Å². The van der Waals surface area contributed by atoms with E-state index in [1.807, 2.05) is 45.9 Å². The Labute approximate surface area is 157 Å². The van der Waals surface area contributed by atoms with E-state index in [1.54, 1.807) is 0 Å². The van der Waals surface area contributed by atoms with Gasteiger partial charge in [0.15, 0.2) is 0 Å². The highest BCUT2D eigenvalue weighted by Crippen LogP contribution is 2.25. The molecule has 0 aromatic heterocycles. The highest BCUT2D eigenvalue weighted by molar-refractivity contribution is 5.85. The van der Waals surface area contributed by atoms with Gasteiger partial charge in [0, 0.05) is 25.3 Å². The molecule has 1 heterocycles. The number of nitrogens with one attached hydrogen (secondary N) is 1. The molecule has 6 heteroatoms. The maximum Gasteiger partial charge on any atom is 0.237 e. The average Bonchev–Trinajstić information content (AvgIpc) is 2.52. The van der Waals surface area contributed by atoms with Crippen LogP contribution in [0.4, 0.5) is 0 Å². The van der Waals surface area contributed by atoms with Crippen molar-refractivity contribution in [2.45, 2.75) is 58.7 Å². The summed E-state index contributed by atoms with van der Waals surface area (Å²) in [5.74, 6) is 0.897. The van der Waals surface area contributed by atoms with Crippen molar-refractivity contribution < 1.29 is 14.3 Å². The number of ether oxygens (including phenoxy) is 2. The van der Waals surface area contributed by atoms with Crippen molar-refractivity contribution >= 4 is 18.3 Å². The van der Waals surface area contributed by atoms with E-state index in [1.165, 1.54) is 0 Å². The minimum absolute atomic E-state index is 0. The average molecular weight is 371 g/mol. The summed E-state index contributed by atoms with van der Waals surface area (Å²) >= 11 is 0. The topological polar surface area (TPSA) is 73.6 Å². The number of carbonyl (C=O) groups excluding carboxylic acids is 1. The zero-order chi connectivity index (χ0) is 17.7. The lowest BCUT2D eigenvalue weighted by Gasteiger charge is -2.27. The van der Waals surface area contributed by atoms with Crippen molar-refractivity contribution in [2.75, 3.05) is 13.2 Å². The molecular formula is C19H31ClN2O3. The Balaban J connectivity index is 0.00000312. The number of amides is 1. The molecule has 0 spiro atoms. The lowest BCUT2D eigenvalue weighted by molar-refractivity contribution is -0.124. The number of aryl methyl sites for hydroxylation is 1. The first-order valence-electron chi connectivity index (χ1n) is 8.66. The molecular weight excluding hydrogens is 340 g/mol. The number of halogens is 1. The molecule has 2 rings (SSSR count). The molecule has 1 saturated heterocycles. The van der Waals surface area contributed by atoms with Gasteiger partial charge in [-0.05, 0) is 58.1 Å². The minimum atomic E-state index is -0.480. The maximum absolute atomic E-state index is 12.4. The van der Waals surface area contributed by atoms with Crippen molar-refractivity contribution in [1.29, 1.82) is 0 Å². The first kappa shape index (κ1) is 21.7. The largest absolute Gasteiger partial charge is 0.488 e. The van der Waals surface area contributed by atoms with E-state index < -0.39 is 6.04 Å². The number of rotatable bonds is 5. The summed E-state index contributed by atoms with van der Waals surface area (Å²) in [5, 5.41) is 2.96. The van der Waals surface area contributed by atoms with Gasteiger partial charge in [0.2, 0.25) is 5.91 Å². The van der Waals surface area contributed by atoms with Crippen LogP contribution in [-0.4, -0.2) is 30.8 Å². The zero-order valence-electron chi connectivity index (χ0n) is 15.6. The van der Waals surface area contributed by atoms with Gasteiger partial charge in [-0.3, -0.25) is 4.79 Å². The van der Waals surface area contributed by atoms with Crippen LogP contribution in [0.3, 0.4) is 0 Å². The first-order chi connectivity index (χ1) is 11.3. The van der Waals surface area contributed by atoms with Crippen LogP contribution in [0.25, 0.3) is 0 Å². The van der Waals surface area contributed by atoms with E-state index in [0.717, 1.165) is 29.7 Å². The van der Waals surface area contributed by atoms with Crippen LogP contribution in [0.15, 0.2) is 18.2 Å². The maximum atomic E-state index is 12.4. The van der Waals surface area contributed by atoms with E-state index in [2.05, 4.69) is 5.32 Å². The van der Waals surface area contributed by atoms with Gasteiger partial charge in [0.25, 0.3) is 0 Å². The third-order valence-corrected chi connectivity index (χ3v) is 4.17. The third kappa shape index (κ3) is 6.84. The van der Waals surface area contributed by atoms with E-state index in [0.29, 0.717) is 19.8 Å². The zero-order valence-corrected chi connectivity index (χ0v) is 16.4. The highest BCUT2D eigenvalue weighted by Gasteiger charge is 2.26. The lowest BCUT2D eigenvalue weighted by atomic mass is 9.92. The van der Waals surface area contributed by atoms with Crippen molar-refractivity contribution in [1.82, 2.24) is 5.32 Å². The molecule has 1 atom stereocenters. The molecule has 25 heavy (non-hydrogen) atoms. The van der Waals surface area contributed by atoms with Crippen molar-refractivity contribution in [3.63, 3.8) is 0 Å². The number of carbonyl (C=O) groups is 1. The molecule has 1 aliphatic heterocycles. The SMILES string of the molecule is Cc1ccc(CNC(=O)C(N)C2CCOCC2)c(OC(C)(C)C)c1.Cl. The lowest BCUT2D eigenvalue weighted by Crippen LogP contribution is -2.46. The summed E-state index contributed by atoms with van der Waals surface area (Å²) in [6, 6.07) is 5.54. The van der Waals surface area contributed by atoms with Crippen LogP contribution in [0.2, 0.25) is 0 Å². The Morgan fingerprint density at radius 1 is 1.36 bits per heavy atom. The molecule has 0 bridgehead atoms. The van der Waals surface area contributed by atoms with Gasteiger partial charge < -0.3 is 20.5 Å². The summed E-state index contributed by atoms with van der Waals surface area (Å²) in [4.78, 5) is 12.4. The molecule has 1 fully saturated rings. The number of hydrogen-bond donors (Lipinski definition) is 2. The normalized spacial score (nSPS) is 16.7. The van der Waals surface area contributed by atoms with Gasteiger partial charge in [0.1, 0.15) is 11.4 Å². The van der Waals surface area contributed by atoms with Gasteiger partial charge >= 0.3 is 0 Å². The molecule has 0 saturated carbocycles. The number of hydrogen-bond acceptors (Lipinski definition) is 4. The fraction of sp³-hybridized carbons (Fsp3) is 0.632. The van der Waals surface area contributed by atoms with Gasteiger partial charge in [-0.2, -0.15) is 0 Å². The summed E-state index contributed by atoms with van der Waals surface area (Å²) < 4.78 is 11.4. The summed E-state index contributed by atoms with van der Waals surface area (Å²) in [7, 11) is 0. The number of nitrogens with two attached hydrogens (primary N) is 1. The predicted octanol–water partition coefficient (Wildman–Crippen LogP) is 2.96. The summed E-state index contributed by atoms with van der Waals surface area (Å²) in [6.45, 7) is 9.86. The smallest absolute Gasteiger partial charge is 0.237 e. The van der Waals surface area contributed by atoms with Crippen LogP contribution in [-0.2, 0) is 16.1 Å². The van der Waals surface area contributed by atoms with Crippen LogP contribution < -0.4 is 15.8 Å². The quantitative estimate of drug-likeness (QED) is 0.835. The Morgan fingerprint density at radius 3 is 2.60 bits per heavy atom. The van der Waals surface area contributed by atoms with Crippen molar-refractivity contribution in [3.05, 3.63) is 29.3 Å². The summed E-state index contributed by atoms with van der Waals surface area (Å²) in [5.41, 5.74) is 7.92. The minimum Gasteiger partial charge on any atom is -0.488 e. The number of benzene rings is 1. The Bertz CT molecular complexity index is 566. The van der Waals surface area contributed by atoms with E-state index in [-0.39, 0.29) is 29.8 Å². The first-order valence-corrected chi connectivity index (χ1v) is 8.66. The van der Waals surface area contributed by atoms with Crippen LogP contribution >= 0.6 is 12.4 Å². The molecule has 0 radical (unpaired) electrons. The fourth-order valence-corrected chi connectivity index (χ4v) is 2.82. The summed E-state index contributed by atoms with van der Waals surface area (Å²) in [6.07, 6.45) is 1.69. The highest BCUT2D eigenvalue weighted by atomic mass is 35.5. The van der Waals surface area contributed by atoms with Crippen molar-refractivity contribution in [2.24, 2.45) is 11.7 Å². The van der Waals surface area contributed by atoms with Crippen LogP contribution in [0.5, 0.6) is 5.75 Å². The second-order valence-electron chi connectivity index (χ2n) is 7.52.